The Morgan fingerprint density at radius 2 is 1.94 bits per heavy atom. The maximum Gasteiger partial charge on any atom is 0.347 e. The minimum Gasteiger partial charge on any atom is -0.479 e. The van der Waals surface area contributed by atoms with Crippen LogP contribution in [0, 0.1) is 0 Å². The number of ether oxygens (including phenoxy) is 2. The highest BCUT2D eigenvalue weighted by atomic mass is 16.6. The van der Waals surface area contributed by atoms with Crippen LogP contribution < -0.4 is 20.7 Å². The monoisotopic (exact) mass is 500 g/mol. The zero-order valence-corrected chi connectivity index (χ0v) is 21.0. The molecule has 1 aromatic carbocycles. The highest BCUT2D eigenvalue weighted by molar-refractivity contribution is 5.93. The molecule has 0 spiro atoms. The second-order valence-electron chi connectivity index (χ2n) is 9.78. The van der Waals surface area contributed by atoms with Crippen molar-refractivity contribution in [3.05, 3.63) is 29.8 Å². The SMILES string of the molecule is CNC(C)C(=O)NC1CCCCC2CCC(C(=O)NCc3cccc(OC4CCOC4=O)c3)N2C1=O. The molecule has 4 rings (SSSR count). The fraction of sp³-hybridized carbons (Fsp3) is 0.615. The van der Waals surface area contributed by atoms with Gasteiger partial charge in [-0.05, 0) is 57.4 Å². The molecule has 1 aromatic rings. The van der Waals surface area contributed by atoms with E-state index in [1.54, 1.807) is 31.0 Å². The third kappa shape index (κ3) is 5.98. The second-order valence-corrected chi connectivity index (χ2v) is 9.78. The van der Waals surface area contributed by atoms with E-state index in [1.807, 2.05) is 12.1 Å². The van der Waals surface area contributed by atoms with Gasteiger partial charge in [0, 0.05) is 19.0 Å². The van der Waals surface area contributed by atoms with Crippen LogP contribution in [0.1, 0.15) is 57.4 Å². The third-order valence-electron chi connectivity index (χ3n) is 7.31. The molecular formula is C26H36N4O6. The lowest BCUT2D eigenvalue weighted by Crippen LogP contribution is -2.57. The van der Waals surface area contributed by atoms with Crippen LogP contribution in [0.2, 0.25) is 0 Å². The van der Waals surface area contributed by atoms with Gasteiger partial charge in [0.2, 0.25) is 17.7 Å². The summed E-state index contributed by atoms with van der Waals surface area (Å²) in [4.78, 5) is 52.6. The molecule has 3 fully saturated rings. The van der Waals surface area contributed by atoms with E-state index in [2.05, 4.69) is 16.0 Å². The van der Waals surface area contributed by atoms with E-state index in [-0.39, 0.29) is 36.3 Å². The van der Waals surface area contributed by atoms with Crippen LogP contribution in [-0.2, 0) is 30.5 Å². The Morgan fingerprint density at radius 1 is 1.14 bits per heavy atom. The summed E-state index contributed by atoms with van der Waals surface area (Å²) in [6, 6.07) is 5.65. The summed E-state index contributed by atoms with van der Waals surface area (Å²) >= 11 is 0. The van der Waals surface area contributed by atoms with Gasteiger partial charge >= 0.3 is 5.97 Å². The molecule has 10 nitrogen and oxygen atoms in total. The van der Waals surface area contributed by atoms with Gasteiger partial charge in [0.15, 0.2) is 6.10 Å². The molecule has 0 aromatic heterocycles. The first-order valence-electron chi connectivity index (χ1n) is 12.9. The zero-order chi connectivity index (χ0) is 25.7. The van der Waals surface area contributed by atoms with Crippen molar-refractivity contribution in [2.45, 2.75) is 88.7 Å². The lowest BCUT2D eigenvalue weighted by molar-refractivity contribution is -0.144. The topological polar surface area (TPSA) is 126 Å². The van der Waals surface area contributed by atoms with Gasteiger partial charge in [0.1, 0.15) is 17.8 Å². The maximum atomic E-state index is 13.5. The standard InChI is InChI=1S/C26H36N4O6/c1-16(27-2)23(31)29-20-9-4-3-7-18-10-11-21(30(18)25(20)33)24(32)28-15-17-6-5-8-19(14-17)36-22-12-13-35-26(22)34/h5-6,8,14,16,18,20-22,27H,3-4,7,9-13,15H2,1-2H3,(H,28,32)(H,29,31). The van der Waals surface area contributed by atoms with Crippen molar-refractivity contribution >= 4 is 23.7 Å². The van der Waals surface area contributed by atoms with Crippen LogP contribution >= 0.6 is 0 Å². The Hall–Kier alpha value is -3.14. The van der Waals surface area contributed by atoms with Gasteiger partial charge in [-0.2, -0.15) is 0 Å². The van der Waals surface area contributed by atoms with Crippen LogP contribution in [-0.4, -0.2) is 72.5 Å². The smallest absolute Gasteiger partial charge is 0.347 e. The number of benzene rings is 1. The molecule has 0 aliphatic carbocycles. The van der Waals surface area contributed by atoms with E-state index in [9.17, 15) is 19.2 Å². The number of carbonyl (C=O) groups excluding carboxylic acids is 4. The van der Waals surface area contributed by atoms with E-state index < -0.39 is 24.2 Å². The molecule has 3 N–H and O–H groups in total. The van der Waals surface area contributed by atoms with Crippen molar-refractivity contribution in [2.24, 2.45) is 0 Å². The lowest BCUT2D eigenvalue weighted by atomic mass is 9.98. The van der Waals surface area contributed by atoms with Crippen molar-refractivity contribution in [3.8, 4) is 5.75 Å². The van der Waals surface area contributed by atoms with Gasteiger partial charge in [0.05, 0.1) is 12.6 Å². The van der Waals surface area contributed by atoms with Gasteiger partial charge < -0.3 is 30.3 Å². The van der Waals surface area contributed by atoms with Crippen LogP contribution in [0.3, 0.4) is 0 Å². The molecule has 36 heavy (non-hydrogen) atoms. The van der Waals surface area contributed by atoms with Crippen molar-refractivity contribution in [3.63, 3.8) is 0 Å². The fourth-order valence-corrected chi connectivity index (χ4v) is 5.14. The number of cyclic esters (lactones) is 1. The third-order valence-corrected chi connectivity index (χ3v) is 7.31. The number of hydrogen-bond acceptors (Lipinski definition) is 7. The molecule has 0 bridgehead atoms. The fourth-order valence-electron chi connectivity index (χ4n) is 5.14. The van der Waals surface area contributed by atoms with E-state index in [0.29, 0.717) is 31.6 Å². The zero-order valence-electron chi connectivity index (χ0n) is 21.0. The molecule has 3 aliphatic heterocycles. The maximum absolute atomic E-state index is 13.5. The Bertz CT molecular complexity index is 985. The van der Waals surface area contributed by atoms with Crippen LogP contribution in [0.25, 0.3) is 0 Å². The molecular weight excluding hydrogens is 464 g/mol. The van der Waals surface area contributed by atoms with Crippen LogP contribution in [0.5, 0.6) is 5.75 Å². The van der Waals surface area contributed by atoms with Crippen LogP contribution in [0.4, 0.5) is 0 Å². The number of rotatable bonds is 8. The number of amides is 3. The molecule has 3 heterocycles. The summed E-state index contributed by atoms with van der Waals surface area (Å²) in [7, 11) is 1.70. The summed E-state index contributed by atoms with van der Waals surface area (Å²) in [5, 5.41) is 8.75. The Morgan fingerprint density at radius 3 is 2.69 bits per heavy atom. The first-order valence-corrected chi connectivity index (χ1v) is 12.9. The quantitative estimate of drug-likeness (QED) is 0.455. The summed E-state index contributed by atoms with van der Waals surface area (Å²) in [6.45, 7) is 2.38. The van der Waals surface area contributed by atoms with Gasteiger partial charge in [-0.3, -0.25) is 14.4 Å². The normalized spacial score (nSPS) is 26.9. The summed E-state index contributed by atoms with van der Waals surface area (Å²) in [5.74, 6) is -0.419. The Kier molecular flexibility index (Phi) is 8.45. The van der Waals surface area contributed by atoms with Crippen LogP contribution in [0.15, 0.2) is 24.3 Å². The Balaban J connectivity index is 1.39. The molecule has 0 saturated carbocycles. The Labute approximate surface area is 211 Å². The number of likely N-dealkylation sites (N-methyl/N-ethyl adjacent to an activating group) is 1. The largest absolute Gasteiger partial charge is 0.479 e. The van der Waals surface area contributed by atoms with Crippen molar-refractivity contribution in [2.75, 3.05) is 13.7 Å². The van der Waals surface area contributed by atoms with E-state index in [4.69, 9.17) is 9.47 Å². The van der Waals surface area contributed by atoms with Gasteiger partial charge in [-0.1, -0.05) is 25.0 Å². The predicted molar refractivity (Wildman–Crippen MR) is 131 cm³/mol. The van der Waals surface area contributed by atoms with Gasteiger partial charge in [0.25, 0.3) is 0 Å². The summed E-state index contributed by atoms with van der Waals surface area (Å²) in [6.07, 6.45) is 4.54. The first-order chi connectivity index (χ1) is 17.4. The lowest BCUT2D eigenvalue weighted by Gasteiger charge is -2.35. The number of nitrogens with one attached hydrogen (secondary N) is 3. The molecule has 196 valence electrons. The van der Waals surface area contributed by atoms with Gasteiger partial charge in [-0.15, -0.1) is 0 Å². The number of hydrogen-bond donors (Lipinski definition) is 3. The predicted octanol–water partition coefficient (Wildman–Crippen LogP) is 1.02. The number of esters is 1. The highest BCUT2D eigenvalue weighted by Gasteiger charge is 2.43. The summed E-state index contributed by atoms with van der Waals surface area (Å²) in [5.41, 5.74) is 0.826. The summed E-state index contributed by atoms with van der Waals surface area (Å²) < 4.78 is 10.7. The van der Waals surface area contributed by atoms with E-state index in [1.165, 1.54) is 0 Å². The molecule has 10 heteroatoms. The molecule has 3 amide bonds. The molecule has 0 radical (unpaired) electrons. The van der Waals surface area contributed by atoms with E-state index >= 15 is 0 Å². The number of nitrogens with zero attached hydrogens (tertiary/aromatic N) is 1. The number of carbonyl (C=O) groups is 4. The minimum absolute atomic E-state index is 0.0116. The van der Waals surface area contributed by atoms with Crippen molar-refractivity contribution < 1.29 is 28.7 Å². The number of fused-ring (bicyclic) bond motifs is 1. The molecule has 5 unspecified atom stereocenters. The molecule has 5 atom stereocenters. The van der Waals surface area contributed by atoms with E-state index in [0.717, 1.165) is 31.2 Å². The van der Waals surface area contributed by atoms with Gasteiger partial charge in [-0.25, -0.2) is 4.79 Å². The van der Waals surface area contributed by atoms with Crippen molar-refractivity contribution in [1.82, 2.24) is 20.9 Å². The average Bonchev–Trinajstić information content (AvgIpc) is 3.48. The molecule has 3 saturated heterocycles. The average molecular weight is 501 g/mol. The van der Waals surface area contributed by atoms with Crippen molar-refractivity contribution in [1.29, 1.82) is 0 Å². The first kappa shape index (κ1) is 25.9. The second kappa shape index (κ2) is 11.7. The highest BCUT2D eigenvalue weighted by Crippen LogP contribution is 2.31. The minimum atomic E-state index is -0.624. The molecule has 3 aliphatic rings.